The van der Waals surface area contributed by atoms with E-state index in [9.17, 15) is 18.0 Å². The zero-order chi connectivity index (χ0) is 23.6. The Hall–Kier alpha value is -3.70. The molecular formula is C22H19N3O6S2. The fourth-order valence-electron chi connectivity index (χ4n) is 3.03. The van der Waals surface area contributed by atoms with Crippen molar-refractivity contribution in [3.05, 3.63) is 87.3 Å². The summed E-state index contributed by atoms with van der Waals surface area (Å²) < 4.78 is 40.2. The van der Waals surface area contributed by atoms with E-state index in [1.54, 1.807) is 35.8 Å². The molecule has 4 rings (SSSR count). The van der Waals surface area contributed by atoms with Crippen molar-refractivity contribution in [3.8, 4) is 5.75 Å². The summed E-state index contributed by atoms with van der Waals surface area (Å²) >= 11 is 1.28. The van der Waals surface area contributed by atoms with Crippen molar-refractivity contribution in [1.82, 2.24) is 9.38 Å². The Balaban J connectivity index is 1.56. The van der Waals surface area contributed by atoms with Gasteiger partial charge in [0.25, 0.3) is 15.6 Å². The molecule has 0 aliphatic heterocycles. The maximum absolute atomic E-state index is 13.0. The summed E-state index contributed by atoms with van der Waals surface area (Å²) in [5, 5.41) is 1.73. The molecule has 170 valence electrons. The number of hydrogen-bond donors (Lipinski definition) is 1. The van der Waals surface area contributed by atoms with Crippen LogP contribution in [0.5, 0.6) is 5.75 Å². The number of benzene rings is 2. The molecule has 2 aromatic heterocycles. The lowest BCUT2D eigenvalue weighted by Crippen LogP contribution is -2.16. The van der Waals surface area contributed by atoms with E-state index in [1.807, 2.05) is 6.92 Å². The normalized spacial score (nSPS) is 11.3. The summed E-state index contributed by atoms with van der Waals surface area (Å²) in [7, 11) is -2.72. The van der Waals surface area contributed by atoms with Crippen LogP contribution in [0.2, 0.25) is 0 Å². The minimum Gasteiger partial charge on any atom is -0.495 e. The van der Waals surface area contributed by atoms with Crippen molar-refractivity contribution in [2.45, 2.75) is 18.4 Å². The number of carbonyl (C=O) groups is 1. The molecule has 0 amide bonds. The number of sulfonamides is 1. The second-order valence-corrected chi connectivity index (χ2v) is 9.58. The SMILES string of the molecule is COc1ccc(C(=O)OCc2cc(=O)n3ccsc3n2)cc1S(=O)(=O)Nc1ccc(C)cc1. The lowest BCUT2D eigenvalue weighted by Gasteiger charge is -2.13. The molecule has 0 spiro atoms. The van der Waals surface area contributed by atoms with Crippen LogP contribution in [0.25, 0.3) is 4.96 Å². The Morgan fingerprint density at radius 1 is 1.15 bits per heavy atom. The number of esters is 1. The van der Waals surface area contributed by atoms with Crippen LogP contribution >= 0.6 is 11.3 Å². The van der Waals surface area contributed by atoms with Gasteiger partial charge in [0, 0.05) is 23.3 Å². The molecule has 0 fully saturated rings. The fourth-order valence-corrected chi connectivity index (χ4v) is 5.02. The number of methoxy groups -OCH3 is 1. The first-order valence-electron chi connectivity index (χ1n) is 9.67. The van der Waals surface area contributed by atoms with Gasteiger partial charge >= 0.3 is 5.97 Å². The molecule has 1 N–H and O–H groups in total. The van der Waals surface area contributed by atoms with E-state index >= 15 is 0 Å². The lowest BCUT2D eigenvalue weighted by molar-refractivity contribution is 0.0467. The van der Waals surface area contributed by atoms with Crippen molar-refractivity contribution in [1.29, 1.82) is 0 Å². The van der Waals surface area contributed by atoms with Crippen LogP contribution in [0, 0.1) is 6.92 Å². The van der Waals surface area contributed by atoms with Crippen molar-refractivity contribution in [2.75, 3.05) is 11.8 Å². The van der Waals surface area contributed by atoms with E-state index in [0.717, 1.165) is 5.56 Å². The third kappa shape index (κ3) is 4.89. The largest absolute Gasteiger partial charge is 0.495 e. The molecule has 0 saturated heterocycles. The third-order valence-electron chi connectivity index (χ3n) is 4.70. The Morgan fingerprint density at radius 2 is 1.91 bits per heavy atom. The molecule has 2 heterocycles. The van der Waals surface area contributed by atoms with Gasteiger partial charge in [-0.15, -0.1) is 11.3 Å². The maximum atomic E-state index is 13.0. The summed E-state index contributed by atoms with van der Waals surface area (Å²) in [5.74, 6) is -0.693. The van der Waals surface area contributed by atoms with Crippen LogP contribution in [0.15, 0.2) is 69.8 Å². The number of carbonyl (C=O) groups excluding carboxylic acids is 1. The number of hydrogen-bond acceptors (Lipinski definition) is 8. The van der Waals surface area contributed by atoms with Gasteiger partial charge in [-0.2, -0.15) is 0 Å². The average Bonchev–Trinajstić information content (AvgIpc) is 3.28. The van der Waals surface area contributed by atoms with Crippen molar-refractivity contribution >= 4 is 38.0 Å². The van der Waals surface area contributed by atoms with Crippen LogP contribution in [0.4, 0.5) is 5.69 Å². The van der Waals surface area contributed by atoms with Gasteiger partial charge in [0.2, 0.25) is 0 Å². The molecule has 11 heteroatoms. The molecule has 2 aromatic carbocycles. The zero-order valence-corrected chi connectivity index (χ0v) is 19.3. The molecule has 0 aliphatic rings. The van der Waals surface area contributed by atoms with E-state index in [1.165, 1.54) is 47.1 Å². The monoisotopic (exact) mass is 485 g/mol. The minimum absolute atomic E-state index is 0.00834. The van der Waals surface area contributed by atoms with E-state index < -0.39 is 16.0 Å². The van der Waals surface area contributed by atoms with Crippen LogP contribution in [-0.4, -0.2) is 30.9 Å². The number of nitrogens with zero attached hydrogens (tertiary/aromatic N) is 2. The Kier molecular flexibility index (Phi) is 6.16. The first kappa shape index (κ1) is 22.5. The number of nitrogens with one attached hydrogen (secondary N) is 1. The van der Waals surface area contributed by atoms with E-state index in [2.05, 4.69) is 9.71 Å². The van der Waals surface area contributed by atoms with Crippen LogP contribution in [-0.2, 0) is 21.4 Å². The highest BCUT2D eigenvalue weighted by Crippen LogP contribution is 2.27. The summed E-state index contributed by atoms with van der Waals surface area (Å²) in [4.78, 5) is 29.2. The first-order valence-corrected chi connectivity index (χ1v) is 12.0. The summed E-state index contributed by atoms with van der Waals surface area (Å²) in [6.45, 7) is 1.65. The highest BCUT2D eigenvalue weighted by molar-refractivity contribution is 7.92. The summed E-state index contributed by atoms with van der Waals surface area (Å²) in [6.07, 6.45) is 1.61. The number of anilines is 1. The van der Waals surface area contributed by atoms with Gasteiger partial charge < -0.3 is 9.47 Å². The molecule has 0 aliphatic carbocycles. The van der Waals surface area contributed by atoms with Gasteiger partial charge in [0.15, 0.2) is 4.96 Å². The standard InChI is InChI=1S/C22H19N3O6S2/c1-14-3-6-16(7-4-14)24-33(28,29)19-11-15(5-8-18(19)30-2)21(27)31-13-17-12-20(26)25-9-10-32-22(25)23-17/h3-12,24H,13H2,1-2H3. The summed E-state index contributed by atoms with van der Waals surface area (Å²) in [5.41, 5.74) is 1.37. The van der Waals surface area contributed by atoms with Crippen molar-refractivity contribution in [3.63, 3.8) is 0 Å². The number of fused-ring (bicyclic) bond motifs is 1. The van der Waals surface area contributed by atoms with E-state index in [4.69, 9.17) is 9.47 Å². The van der Waals surface area contributed by atoms with Crippen molar-refractivity contribution < 1.29 is 22.7 Å². The fraction of sp³-hybridized carbons (Fsp3) is 0.136. The molecule has 0 bridgehead atoms. The Labute approximate surface area is 193 Å². The maximum Gasteiger partial charge on any atom is 0.338 e. The van der Waals surface area contributed by atoms with Crippen LogP contribution in [0.1, 0.15) is 21.6 Å². The quantitative estimate of drug-likeness (QED) is 0.400. The van der Waals surface area contributed by atoms with Crippen LogP contribution < -0.4 is 15.0 Å². The number of aromatic nitrogens is 2. The zero-order valence-electron chi connectivity index (χ0n) is 17.6. The highest BCUT2D eigenvalue weighted by atomic mass is 32.2. The molecule has 0 saturated carbocycles. The van der Waals surface area contributed by atoms with Gasteiger partial charge in [-0.05, 0) is 37.3 Å². The second kappa shape index (κ2) is 9.04. The molecular weight excluding hydrogens is 466 g/mol. The van der Waals surface area contributed by atoms with E-state index in [-0.39, 0.29) is 34.1 Å². The van der Waals surface area contributed by atoms with Gasteiger partial charge in [0.1, 0.15) is 17.3 Å². The van der Waals surface area contributed by atoms with Crippen molar-refractivity contribution in [2.24, 2.45) is 0 Å². The Bertz CT molecular complexity index is 1490. The number of thiazole rings is 1. The van der Waals surface area contributed by atoms with Gasteiger partial charge in [-0.3, -0.25) is 13.9 Å². The minimum atomic E-state index is -4.05. The third-order valence-corrected chi connectivity index (χ3v) is 6.86. The van der Waals surface area contributed by atoms with E-state index in [0.29, 0.717) is 10.6 Å². The highest BCUT2D eigenvalue weighted by Gasteiger charge is 2.22. The van der Waals surface area contributed by atoms with Crippen LogP contribution in [0.3, 0.4) is 0 Å². The molecule has 0 radical (unpaired) electrons. The molecule has 0 atom stereocenters. The lowest BCUT2D eigenvalue weighted by atomic mass is 10.2. The summed E-state index contributed by atoms with van der Waals surface area (Å²) in [6, 6.07) is 12.1. The Morgan fingerprint density at radius 3 is 2.64 bits per heavy atom. The predicted octanol–water partition coefficient (Wildman–Crippen LogP) is 3.23. The number of rotatable bonds is 7. The number of aryl methyl sites for hydroxylation is 1. The van der Waals surface area contributed by atoms with Gasteiger partial charge in [-0.25, -0.2) is 18.2 Å². The first-order chi connectivity index (χ1) is 15.8. The van der Waals surface area contributed by atoms with Gasteiger partial charge in [0.05, 0.1) is 18.4 Å². The molecule has 4 aromatic rings. The number of ether oxygens (including phenoxy) is 2. The molecule has 33 heavy (non-hydrogen) atoms. The topological polar surface area (TPSA) is 116 Å². The smallest absolute Gasteiger partial charge is 0.338 e. The second-order valence-electron chi connectivity index (χ2n) is 7.05. The average molecular weight is 486 g/mol. The molecule has 0 unspecified atom stereocenters. The van der Waals surface area contributed by atoms with Gasteiger partial charge in [-0.1, -0.05) is 17.7 Å². The predicted molar refractivity (Wildman–Crippen MR) is 123 cm³/mol. The molecule has 9 nitrogen and oxygen atoms in total.